The number of nitrogens with two attached hydrogens (primary N) is 1. The Morgan fingerprint density at radius 3 is 2.71 bits per heavy atom. The number of benzene rings is 1. The monoisotopic (exact) mass is 247 g/mol. The molecule has 3 rings (SSSR count). The first-order valence-electron chi connectivity index (χ1n) is 5.53. The van der Waals surface area contributed by atoms with E-state index in [-0.39, 0.29) is 6.04 Å². The van der Waals surface area contributed by atoms with Gasteiger partial charge in [0.1, 0.15) is 13.2 Å². The van der Waals surface area contributed by atoms with E-state index in [1.165, 1.54) is 0 Å². The van der Waals surface area contributed by atoms with Crippen LogP contribution in [0.5, 0.6) is 11.5 Å². The lowest BCUT2D eigenvalue weighted by molar-refractivity contribution is 0.171. The highest BCUT2D eigenvalue weighted by molar-refractivity contribution is 7.10. The van der Waals surface area contributed by atoms with Crippen molar-refractivity contribution in [1.82, 2.24) is 0 Å². The lowest BCUT2D eigenvalue weighted by atomic mass is 10.1. The van der Waals surface area contributed by atoms with Gasteiger partial charge in [-0.2, -0.15) is 0 Å². The predicted octanol–water partition coefficient (Wildman–Crippen LogP) is 2.57. The molecule has 2 heterocycles. The molecular weight excluding hydrogens is 234 g/mol. The van der Waals surface area contributed by atoms with Crippen LogP contribution in [0.25, 0.3) is 0 Å². The van der Waals surface area contributed by atoms with Crippen molar-refractivity contribution in [2.45, 2.75) is 6.04 Å². The number of rotatable bonds is 2. The fourth-order valence-corrected chi connectivity index (χ4v) is 2.64. The van der Waals surface area contributed by atoms with E-state index in [2.05, 4.69) is 0 Å². The molecule has 0 bridgehead atoms. The molecule has 17 heavy (non-hydrogen) atoms. The molecule has 1 aromatic carbocycles. The van der Waals surface area contributed by atoms with Crippen LogP contribution in [0.2, 0.25) is 0 Å². The van der Waals surface area contributed by atoms with E-state index in [4.69, 9.17) is 15.2 Å². The zero-order valence-corrected chi connectivity index (χ0v) is 10.1. The first-order valence-corrected chi connectivity index (χ1v) is 6.41. The lowest BCUT2D eigenvalue weighted by Crippen LogP contribution is -2.16. The van der Waals surface area contributed by atoms with E-state index in [1.807, 2.05) is 35.7 Å². The summed E-state index contributed by atoms with van der Waals surface area (Å²) in [5.74, 6) is 1.60. The average Bonchev–Trinajstić information content (AvgIpc) is 2.91. The Balaban J connectivity index is 1.93. The summed E-state index contributed by atoms with van der Waals surface area (Å²) in [5, 5.41) is 2.03. The first-order chi connectivity index (χ1) is 8.34. The first kappa shape index (κ1) is 10.6. The number of hydrogen-bond donors (Lipinski definition) is 1. The van der Waals surface area contributed by atoms with Crippen molar-refractivity contribution in [3.05, 3.63) is 46.2 Å². The molecule has 1 aromatic heterocycles. The fraction of sp³-hybridized carbons (Fsp3) is 0.231. The van der Waals surface area contributed by atoms with Gasteiger partial charge in [0.2, 0.25) is 0 Å². The maximum Gasteiger partial charge on any atom is 0.161 e. The average molecular weight is 247 g/mol. The van der Waals surface area contributed by atoms with Crippen molar-refractivity contribution in [2.24, 2.45) is 5.73 Å². The molecule has 0 saturated heterocycles. The molecule has 0 fully saturated rings. The van der Waals surface area contributed by atoms with E-state index < -0.39 is 0 Å². The molecule has 2 aromatic rings. The highest BCUT2D eigenvalue weighted by Gasteiger charge is 2.16. The minimum Gasteiger partial charge on any atom is -0.486 e. The Morgan fingerprint density at radius 2 is 1.94 bits per heavy atom. The van der Waals surface area contributed by atoms with Gasteiger partial charge in [0.05, 0.1) is 6.04 Å². The maximum atomic E-state index is 6.21. The standard InChI is InChI=1S/C13H13NO2S/c14-13(12-2-1-7-17-12)9-3-4-10-11(8-9)16-6-5-15-10/h1-4,7-8,13H,5-6,14H2/t13-/m1/s1. The number of thiophene rings is 1. The van der Waals surface area contributed by atoms with Crippen molar-refractivity contribution in [3.8, 4) is 11.5 Å². The van der Waals surface area contributed by atoms with Gasteiger partial charge < -0.3 is 15.2 Å². The smallest absolute Gasteiger partial charge is 0.161 e. The van der Waals surface area contributed by atoms with Gasteiger partial charge in [-0.25, -0.2) is 0 Å². The number of fused-ring (bicyclic) bond motifs is 1. The number of ether oxygens (including phenoxy) is 2. The van der Waals surface area contributed by atoms with E-state index in [1.54, 1.807) is 11.3 Å². The van der Waals surface area contributed by atoms with Crippen molar-refractivity contribution >= 4 is 11.3 Å². The van der Waals surface area contributed by atoms with Crippen LogP contribution in [0.4, 0.5) is 0 Å². The van der Waals surface area contributed by atoms with Crippen molar-refractivity contribution in [1.29, 1.82) is 0 Å². The fourth-order valence-electron chi connectivity index (χ4n) is 1.89. The molecule has 0 amide bonds. The van der Waals surface area contributed by atoms with Crippen LogP contribution in [0, 0.1) is 0 Å². The van der Waals surface area contributed by atoms with Crippen LogP contribution in [-0.2, 0) is 0 Å². The van der Waals surface area contributed by atoms with Crippen LogP contribution < -0.4 is 15.2 Å². The van der Waals surface area contributed by atoms with Gasteiger partial charge in [0.15, 0.2) is 11.5 Å². The topological polar surface area (TPSA) is 44.5 Å². The van der Waals surface area contributed by atoms with Gasteiger partial charge in [-0.3, -0.25) is 0 Å². The van der Waals surface area contributed by atoms with Crippen molar-refractivity contribution < 1.29 is 9.47 Å². The molecule has 88 valence electrons. The second-order valence-corrected chi connectivity index (χ2v) is 4.88. The van der Waals surface area contributed by atoms with Crippen LogP contribution in [0.3, 0.4) is 0 Å². The molecule has 0 radical (unpaired) electrons. The van der Waals surface area contributed by atoms with Gasteiger partial charge >= 0.3 is 0 Å². The summed E-state index contributed by atoms with van der Waals surface area (Å²) in [6.45, 7) is 1.22. The summed E-state index contributed by atoms with van der Waals surface area (Å²) in [7, 11) is 0. The molecule has 1 aliphatic rings. The third kappa shape index (κ3) is 2.01. The molecule has 0 unspecified atom stereocenters. The lowest BCUT2D eigenvalue weighted by Gasteiger charge is -2.20. The normalized spacial score (nSPS) is 15.6. The largest absolute Gasteiger partial charge is 0.486 e. The molecule has 1 atom stereocenters. The van der Waals surface area contributed by atoms with E-state index in [0.717, 1.165) is 21.9 Å². The quantitative estimate of drug-likeness (QED) is 0.887. The van der Waals surface area contributed by atoms with Gasteiger partial charge in [-0.05, 0) is 29.1 Å². The van der Waals surface area contributed by atoms with Crippen molar-refractivity contribution in [3.63, 3.8) is 0 Å². The molecule has 3 nitrogen and oxygen atoms in total. The van der Waals surface area contributed by atoms with Crippen LogP contribution in [-0.4, -0.2) is 13.2 Å². The Morgan fingerprint density at radius 1 is 1.12 bits per heavy atom. The SMILES string of the molecule is N[C@H](c1ccc2c(c1)OCCO2)c1cccs1. The molecule has 0 aliphatic carbocycles. The summed E-state index contributed by atoms with van der Waals surface area (Å²) < 4.78 is 11.0. The summed E-state index contributed by atoms with van der Waals surface area (Å²) >= 11 is 1.67. The summed E-state index contributed by atoms with van der Waals surface area (Å²) in [6, 6.07) is 9.86. The minimum atomic E-state index is -0.0918. The Labute approximate surface area is 104 Å². The summed E-state index contributed by atoms with van der Waals surface area (Å²) in [6.07, 6.45) is 0. The maximum absolute atomic E-state index is 6.21. The zero-order chi connectivity index (χ0) is 11.7. The molecular formula is C13H13NO2S. The van der Waals surface area contributed by atoms with Gasteiger partial charge in [0.25, 0.3) is 0 Å². The van der Waals surface area contributed by atoms with Gasteiger partial charge in [-0.15, -0.1) is 11.3 Å². The Bertz CT molecular complexity index is 510. The zero-order valence-electron chi connectivity index (χ0n) is 9.26. The van der Waals surface area contributed by atoms with Crippen LogP contribution >= 0.6 is 11.3 Å². The summed E-state index contributed by atoms with van der Waals surface area (Å²) in [5.41, 5.74) is 7.26. The van der Waals surface area contributed by atoms with E-state index in [9.17, 15) is 0 Å². The van der Waals surface area contributed by atoms with Gasteiger partial charge in [0, 0.05) is 4.88 Å². The highest BCUT2D eigenvalue weighted by atomic mass is 32.1. The van der Waals surface area contributed by atoms with Crippen molar-refractivity contribution in [2.75, 3.05) is 13.2 Å². The van der Waals surface area contributed by atoms with Crippen LogP contribution in [0.15, 0.2) is 35.7 Å². The summed E-state index contributed by atoms with van der Waals surface area (Å²) in [4.78, 5) is 1.15. The number of hydrogen-bond acceptors (Lipinski definition) is 4. The molecule has 4 heteroatoms. The molecule has 0 saturated carbocycles. The van der Waals surface area contributed by atoms with E-state index in [0.29, 0.717) is 13.2 Å². The van der Waals surface area contributed by atoms with Gasteiger partial charge in [-0.1, -0.05) is 12.1 Å². The Hall–Kier alpha value is -1.52. The van der Waals surface area contributed by atoms with Crippen LogP contribution in [0.1, 0.15) is 16.5 Å². The molecule has 2 N–H and O–H groups in total. The Kier molecular flexibility index (Phi) is 2.74. The molecule has 0 spiro atoms. The molecule has 1 aliphatic heterocycles. The van der Waals surface area contributed by atoms with E-state index >= 15 is 0 Å². The minimum absolute atomic E-state index is 0.0918. The second kappa shape index (κ2) is 4.39. The highest BCUT2D eigenvalue weighted by Crippen LogP contribution is 2.34. The third-order valence-electron chi connectivity index (χ3n) is 2.78. The predicted molar refractivity (Wildman–Crippen MR) is 67.8 cm³/mol. The third-order valence-corrected chi connectivity index (χ3v) is 3.73. The second-order valence-electron chi connectivity index (χ2n) is 3.90.